The van der Waals surface area contributed by atoms with Gasteiger partial charge in [-0.05, 0) is 36.8 Å². The molecule has 5 nitrogen and oxygen atoms in total. The van der Waals surface area contributed by atoms with Crippen molar-refractivity contribution in [1.29, 1.82) is 0 Å². The summed E-state index contributed by atoms with van der Waals surface area (Å²) in [5.41, 5.74) is 1.80. The van der Waals surface area contributed by atoms with E-state index in [1.807, 2.05) is 19.1 Å². The highest BCUT2D eigenvalue weighted by Crippen LogP contribution is 2.17. The molecule has 0 aromatic heterocycles. The van der Waals surface area contributed by atoms with E-state index in [1.54, 1.807) is 31.4 Å². The van der Waals surface area contributed by atoms with E-state index in [-0.39, 0.29) is 24.1 Å². The summed E-state index contributed by atoms with van der Waals surface area (Å²) < 4.78 is 18.5. The van der Waals surface area contributed by atoms with Gasteiger partial charge in [0.05, 0.1) is 13.7 Å². The minimum Gasteiger partial charge on any atom is -0.497 e. The highest BCUT2D eigenvalue weighted by Gasteiger charge is 2.10. The van der Waals surface area contributed by atoms with Gasteiger partial charge in [-0.3, -0.25) is 4.79 Å². The fraction of sp³-hybridized carbons (Fsp3) is 0.316. The van der Waals surface area contributed by atoms with Crippen molar-refractivity contribution in [3.8, 4) is 5.75 Å². The summed E-state index contributed by atoms with van der Waals surface area (Å²) in [6, 6.07) is 11.7. The number of anilines is 1. The first kappa shape index (κ1) is 18.9. The van der Waals surface area contributed by atoms with E-state index in [1.165, 1.54) is 6.07 Å². The van der Waals surface area contributed by atoms with Crippen LogP contribution in [0.5, 0.6) is 5.75 Å². The number of aliphatic hydroxyl groups is 1. The van der Waals surface area contributed by atoms with Crippen LogP contribution in [0.1, 0.15) is 24.5 Å². The fourth-order valence-corrected chi connectivity index (χ4v) is 2.41. The lowest BCUT2D eigenvalue weighted by molar-refractivity contribution is -0.116. The van der Waals surface area contributed by atoms with Crippen LogP contribution >= 0.6 is 0 Å². The molecule has 1 unspecified atom stereocenters. The number of benzene rings is 2. The van der Waals surface area contributed by atoms with Gasteiger partial charge >= 0.3 is 0 Å². The normalized spacial score (nSPS) is 11.8. The Morgan fingerprint density at radius 3 is 2.80 bits per heavy atom. The van der Waals surface area contributed by atoms with Gasteiger partial charge in [-0.15, -0.1) is 0 Å². The molecule has 2 aromatic carbocycles. The van der Waals surface area contributed by atoms with Gasteiger partial charge in [-0.2, -0.15) is 0 Å². The standard InChI is InChI=1S/C19H23FN2O3/c1-13(21-11-14-6-7-18(20)15(9-14)12-23)8-19(24)22-16-4-3-5-17(10-16)25-2/h3-7,9-10,13,21,23H,8,11-12H2,1-2H3,(H,22,24). The zero-order chi connectivity index (χ0) is 18.2. The van der Waals surface area contributed by atoms with Gasteiger partial charge in [0, 0.05) is 36.3 Å². The van der Waals surface area contributed by atoms with Crippen molar-refractivity contribution >= 4 is 11.6 Å². The number of ether oxygens (including phenoxy) is 1. The van der Waals surface area contributed by atoms with Crippen molar-refractivity contribution < 1.29 is 19.0 Å². The minimum absolute atomic E-state index is 0.0618. The largest absolute Gasteiger partial charge is 0.497 e. The molecule has 1 atom stereocenters. The first-order valence-corrected chi connectivity index (χ1v) is 8.07. The number of carbonyl (C=O) groups excluding carboxylic acids is 1. The van der Waals surface area contributed by atoms with Gasteiger partial charge in [-0.25, -0.2) is 4.39 Å². The quantitative estimate of drug-likeness (QED) is 0.687. The summed E-state index contributed by atoms with van der Waals surface area (Å²) in [5, 5.41) is 15.1. The van der Waals surface area contributed by atoms with Crippen LogP contribution in [0.4, 0.5) is 10.1 Å². The van der Waals surface area contributed by atoms with E-state index in [0.29, 0.717) is 24.4 Å². The number of aliphatic hydroxyl groups excluding tert-OH is 1. The molecule has 0 heterocycles. The molecule has 0 bridgehead atoms. The minimum atomic E-state index is -0.419. The number of hydrogen-bond donors (Lipinski definition) is 3. The Bertz CT molecular complexity index is 722. The van der Waals surface area contributed by atoms with Gasteiger partial charge in [0.15, 0.2) is 0 Å². The lowest BCUT2D eigenvalue weighted by atomic mass is 10.1. The molecule has 6 heteroatoms. The van der Waals surface area contributed by atoms with Crippen LogP contribution in [0.3, 0.4) is 0 Å². The number of amides is 1. The highest BCUT2D eigenvalue weighted by molar-refractivity contribution is 5.91. The van der Waals surface area contributed by atoms with E-state index in [2.05, 4.69) is 10.6 Å². The Morgan fingerprint density at radius 2 is 2.08 bits per heavy atom. The average molecular weight is 346 g/mol. The maximum absolute atomic E-state index is 13.4. The van der Waals surface area contributed by atoms with Gasteiger partial charge in [0.1, 0.15) is 11.6 Å². The Hall–Kier alpha value is -2.44. The number of methoxy groups -OCH3 is 1. The van der Waals surface area contributed by atoms with Crippen molar-refractivity contribution in [2.24, 2.45) is 0 Å². The maximum Gasteiger partial charge on any atom is 0.225 e. The predicted octanol–water partition coefficient (Wildman–Crippen LogP) is 2.83. The lowest BCUT2D eigenvalue weighted by Crippen LogP contribution is -2.30. The topological polar surface area (TPSA) is 70.6 Å². The van der Waals surface area contributed by atoms with Crippen molar-refractivity contribution in [2.75, 3.05) is 12.4 Å². The number of carbonyl (C=O) groups is 1. The summed E-state index contributed by atoms with van der Waals surface area (Å²) in [6.45, 7) is 2.06. The van der Waals surface area contributed by atoms with Gasteiger partial charge in [0.2, 0.25) is 5.91 Å². The van der Waals surface area contributed by atoms with Gasteiger partial charge < -0.3 is 20.5 Å². The first-order chi connectivity index (χ1) is 12.0. The Kier molecular flexibility index (Phi) is 6.91. The van der Waals surface area contributed by atoms with Crippen LogP contribution in [0.15, 0.2) is 42.5 Å². The Balaban J connectivity index is 1.83. The summed E-state index contributed by atoms with van der Waals surface area (Å²) in [7, 11) is 1.57. The molecule has 0 aliphatic carbocycles. The van der Waals surface area contributed by atoms with E-state index >= 15 is 0 Å². The molecule has 25 heavy (non-hydrogen) atoms. The molecule has 0 saturated carbocycles. The van der Waals surface area contributed by atoms with Crippen molar-refractivity contribution in [3.63, 3.8) is 0 Å². The van der Waals surface area contributed by atoms with E-state index in [4.69, 9.17) is 9.84 Å². The molecule has 0 saturated heterocycles. The van der Waals surface area contributed by atoms with E-state index < -0.39 is 5.82 Å². The molecule has 3 N–H and O–H groups in total. The van der Waals surface area contributed by atoms with Gasteiger partial charge in [-0.1, -0.05) is 12.1 Å². The number of rotatable bonds is 8. The average Bonchev–Trinajstić information content (AvgIpc) is 2.61. The summed E-state index contributed by atoms with van der Waals surface area (Å²) in [6.07, 6.45) is 0.297. The van der Waals surface area contributed by atoms with E-state index in [0.717, 1.165) is 5.56 Å². The monoisotopic (exact) mass is 346 g/mol. The Morgan fingerprint density at radius 1 is 1.28 bits per heavy atom. The third-order valence-electron chi connectivity index (χ3n) is 3.78. The fourth-order valence-electron chi connectivity index (χ4n) is 2.41. The maximum atomic E-state index is 13.4. The van der Waals surface area contributed by atoms with Crippen molar-refractivity contribution in [1.82, 2.24) is 5.32 Å². The highest BCUT2D eigenvalue weighted by atomic mass is 19.1. The van der Waals surface area contributed by atoms with E-state index in [9.17, 15) is 9.18 Å². The van der Waals surface area contributed by atoms with Crippen LogP contribution in [-0.4, -0.2) is 24.2 Å². The summed E-state index contributed by atoms with van der Waals surface area (Å²) in [4.78, 5) is 12.1. The molecule has 2 aromatic rings. The molecule has 0 aliphatic heterocycles. The molecule has 2 rings (SSSR count). The molecule has 134 valence electrons. The van der Waals surface area contributed by atoms with Crippen LogP contribution in [0, 0.1) is 5.82 Å². The van der Waals surface area contributed by atoms with Crippen LogP contribution < -0.4 is 15.4 Å². The van der Waals surface area contributed by atoms with Crippen molar-refractivity contribution in [3.05, 3.63) is 59.4 Å². The zero-order valence-electron chi connectivity index (χ0n) is 14.4. The third kappa shape index (κ3) is 5.85. The first-order valence-electron chi connectivity index (χ1n) is 8.07. The molecular weight excluding hydrogens is 323 g/mol. The molecule has 0 aliphatic rings. The summed E-state index contributed by atoms with van der Waals surface area (Å²) in [5.74, 6) is 0.153. The zero-order valence-corrected chi connectivity index (χ0v) is 14.4. The summed E-state index contributed by atoms with van der Waals surface area (Å²) >= 11 is 0. The third-order valence-corrected chi connectivity index (χ3v) is 3.78. The predicted molar refractivity (Wildman–Crippen MR) is 94.9 cm³/mol. The number of nitrogens with one attached hydrogen (secondary N) is 2. The molecule has 0 fully saturated rings. The van der Waals surface area contributed by atoms with Crippen LogP contribution in [0.25, 0.3) is 0 Å². The van der Waals surface area contributed by atoms with Crippen LogP contribution in [0.2, 0.25) is 0 Å². The molecule has 0 spiro atoms. The van der Waals surface area contributed by atoms with Crippen molar-refractivity contribution in [2.45, 2.75) is 32.5 Å². The second-order valence-corrected chi connectivity index (χ2v) is 5.85. The number of hydrogen-bond acceptors (Lipinski definition) is 4. The number of halogens is 1. The second-order valence-electron chi connectivity index (χ2n) is 5.85. The second kappa shape index (κ2) is 9.15. The molecule has 0 radical (unpaired) electrons. The Labute approximate surface area is 146 Å². The molecular formula is C19H23FN2O3. The lowest BCUT2D eigenvalue weighted by Gasteiger charge is -2.14. The smallest absolute Gasteiger partial charge is 0.225 e. The van der Waals surface area contributed by atoms with Gasteiger partial charge in [0.25, 0.3) is 0 Å². The SMILES string of the molecule is COc1cccc(NC(=O)CC(C)NCc2ccc(F)c(CO)c2)c1. The van der Waals surface area contributed by atoms with Crippen LogP contribution in [-0.2, 0) is 17.9 Å². The molecule has 1 amide bonds.